The summed E-state index contributed by atoms with van der Waals surface area (Å²) < 4.78 is 25.5. The quantitative estimate of drug-likeness (QED) is 0.794. The van der Waals surface area contributed by atoms with Gasteiger partial charge in [0.25, 0.3) is 0 Å². The van der Waals surface area contributed by atoms with E-state index in [1.54, 1.807) is 12.1 Å². The fourth-order valence-corrected chi connectivity index (χ4v) is 3.41. The fraction of sp³-hybridized carbons (Fsp3) is 0. The third-order valence-electron chi connectivity index (χ3n) is 2.36. The predicted octanol–water partition coefficient (Wildman–Crippen LogP) is 3.48. The van der Waals surface area contributed by atoms with Crippen LogP contribution in [-0.4, -0.2) is 13.5 Å². The summed E-state index contributed by atoms with van der Waals surface area (Å²) in [6.07, 6.45) is 0. The number of hydrogen-bond donors (Lipinski definition) is 1. The van der Waals surface area contributed by atoms with Gasteiger partial charge in [-0.2, -0.15) is 0 Å². The van der Waals surface area contributed by atoms with E-state index >= 15 is 0 Å². The summed E-state index contributed by atoms with van der Waals surface area (Å²) in [4.78, 5) is -0.0586. The lowest BCUT2D eigenvalue weighted by Crippen LogP contribution is -2.02. The number of para-hydroxylation sites is 1. The van der Waals surface area contributed by atoms with Crippen LogP contribution in [0.5, 0.6) is 5.75 Å². The molecule has 2 rings (SSSR count). The van der Waals surface area contributed by atoms with Crippen molar-refractivity contribution < 1.29 is 13.5 Å². The van der Waals surface area contributed by atoms with Gasteiger partial charge < -0.3 is 5.11 Å². The van der Waals surface area contributed by atoms with Gasteiger partial charge >= 0.3 is 0 Å². The first kappa shape index (κ1) is 13.6. The van der Waals surface area contributed by atoms with Crippen LogP contribution in [0, 0.1) is 3.57 Å². The van der Waals surface area contributed by atoms with Gasteiger partial charge in [-0.25, -0.2) is 8.42 Å². The van der Waals surface area contributed by atoms with Gasteiger partial charge in [-0.05, 0) is 59.0 Å². The third kappa shape index (κ3) is 2.48. The predicted molar refractivity (Wildman–Crippen MR) is 77.7 cm³/mol. The largest absolute Gasteiger partial charge is 0.505 e. The van der Waals surface area contributed by atoms with Gasteiger partial charge in [0.2, 0.25) is 9.84 Å². The summed E-state index contributed by atoms with van der Waals surface area (Å²) in [5.41, 5.74) is 0. The van der Waals surface area contributed by atoms with Crippen LogP contribution in [0.1, 0.15) is 0 Å². The maximum atomic E-state index is 12.3. The lowest BCUT2D eigenvalue weighted by molar-refractivity contribution is 0.459. The molecule has 2 aromatic carbocycles. The molecule has 0 aromatic heterocycles. The highest BCUT2D eigenvalue weighted by Gasteiger charge is 2.22. The summed E-state index contributed by atoms with van der Waals surface area (Å²) in [6, 6.07) is 10.6. The first-order valence-corrected chi connectivity index (χ1v) is 7.85. The number of sulfone groups is 1. The number of hydrogen-bond acceptors (Lipinski definition) is 3. The molecular formula is C12H8ClIO3S. The normalized spacial score (nSPS) is 11.4. The lowest BCUT2D eigenvalue weighted by Gasteiger charge is -2.07. The van der Waals surface area contributed by atoms with Gasteiger partial charge in [-0.3, -0.25) is 0 Å². The minimum absolute atomic E-state index is 0.0154. The Morgan fingerprint density at radius 3 is 2.28 bits per heavy atom. The summed E-state index contributed by atoms with van der Waals surface area (Å²) in [7, 11) is -3.75. The van der Waals surface area contributed by atoms with Gasteiger partial charge in [-0.1, -0.05) is 17.7 Å². The molecule has 0 bridgehead atoms. The molecule has 0 aliphatic rings. The summed E-state index contributed by atoms with van der Waals surface area (Å²) in [6.45, 7) is 0. The summed E-state index contributed by atoms with van der Waals surface area (Å²) in [5.74, 6) is -0.419. The molecule has 0 aliphatic heterocycles. The van der Waals surface area contributed by atoms with Gasteiger partial charge in [0.15, 0.2) is 5.75 Å². The number of halogens is 2. The van der Waals surface area contributed by atoms with Crippen LogP contribution in [0.4, 0.5) is 0 Å². The van der Waals surface area contributed by atoms with Crippen molar-refractivity contribution in [2.24, 2.45) is 0 Å². The van der Waals surface area contributed by atoms with E-state index in [-0.39, 0.29) is 14.8 Å². The monoisotopic (exact) mass is 394 g/mol. The van der Waals surface area contributed by atoms with Crippen LogP contribution in [0.3, 0.4) is 0 Å². The smallest absolute Gasteiger partial charge is 0.210 e. The average molecular weight is 395 g/mol. The van der Waals surface area contributed by atoms with Crippen LogP contribution < -0.4 is 0 Å². The molecule has 0 radical (unpaired) electrons. The molecule has 0 saturated heterocycles. The van der Waals surface area contributed by atoms with Crippen molar-refractivity contribution in [2.75, 3.05) is 0 Å². The van der Waals surface area contributed by atoms with E-state index in [1.165, 1.54) is 30.3 Å². The number of benzene rings is 2. The summed E-state index contributed by atoms with van der Waals surface area (Å²) >= 11 is 7.80. The van der Waals surface area contributed by atoms with E-state index in [9.17, 15) is 13.5 Å². The summed E-state index contributed by atoms with van der Waals surface area (Å²) in [5, 5.41) is 9.75. The Kier molecular flexibility index (Phi) is 3.84. The van der Waals surface area contributed by atoms with E-state index in [4.69, 9.17) is 11.6 Å². The Hall–Kier alpha value is -0.790. The van der Waals surface area contributed by atoms with Crippen molar-refractivity contribution in [1.29, 1.82) is 0 Å². The standard InChI is InChI=1S/C12H8ClIO3S/c13-10-2-1-3-11(12(10)15)18(16,17)9-6-4-8(14)5-7-9/h1-7,15H. The fourth-order valence-electron chi connectivity index (χ4n) is 1.45. The van der Waals surface area contributed by atoms with Crippen molar-refractivity contribution in [1.82, 2.24) is 0 Å². The molecule has 0 aliphatic carbocycles. The van der Waals surface area contributed by atoms with Crippen LogP contribution >= 0.6 is 34.2 Å². The minimum Gasteiger partial charge on any atom is -0.505 e. The Labute approximate surface area is 123 Å². The Bertz CT molecular complexity index is 681. The molecule has 94 valence electrons. The van der Waals surface area contributed by atoms with Crippen molar-refractivity contribution in [3.63, 3.8) is 0 Å². The number of aromatic hydroxyl groups is 1. The van der Waals surface area contributed by atoms with E-state index in [0.29, 0.717) is 0 Å². The van der Waals surface area contributed by atoms with Gasteiger partial charge in [-0.15, -0.1) is 0 Å². The molecular weight excluding hydrogens is 387 g/mol. The maximum absolute atomic E-state index is 12.3. The van der Waals surface area contributed by atoms with E-state index < -0.39 is 15.6 Å². The maximum Gasteiger partial charge on any atom is 0.210 e. The molecule has 0 spiro atoms. The van der Waals surface area contributed by atoms with E-state index in [0.717, 1.165) is 3.57 Å². The van der Waals surface area contributed by atoms with Gasteiger partial charge in [0, 0.05) is 3.57 Å². The highest BCUT2D eigenvalue weighted by atomic mass is 127. The highest BCUT2D eigenvalue weighted by Crippen LogP contribution is 2.34. The molecule has 3 nitrogen and oxygen atoms in total. The second kappa shape index (κ2) is 5.07. The van der Waals surface area contributed by atoms with Gasteiger partial charge in [0.05, 0.1) is 9.92 Å². The zero-order valence-electron chi connectivity index (χ0n) is 8.97. The Balaban J connectivity index is 2.62. The number of rotatable bonds is 2. The highest BCUT2D eigenvalue weighted by molar-refractivity contribution is 14.1. The second-order valence-electron chi connectivity index (χ2n) is 3.54. The first-order valence-electron chi connectivity index (χ1n) is 4.91. The van der Waals surface area contributed by atoms with Gasteiger partial charge in [0.1, 0.15) is 4.90 Å². The van der Waals surface area contributed by atoms with Crippen LogP contribution in [0.25, 0.3) is 0 Å². The molecule has 0 fully saturated rings. The molecule has 0 atom stereocenters. The number of phenolic OH excluding ortho intramolecular Hbond substituents is 1. The second-order valence-corrected chi connectivity index (χ2v) is 7.11. The lowest BCUT2D eigenvalue weighted by atomic mass is 10.3. The third-order valence-corrected chi connectivity index (χ3v) is 5.19. The van der Waals surface area contributed by atoms with Crippen molar-refractivity contribution in [2.45, 2.75) is 9.79 Å². The molecule has 0 amide bonds. The molecule has 6 heteroatoms. The van der Waals surface area contributed by atoms with Crippen molar-refractivity contribution in [3.8, 4) is 5.75 Å². The average Bonchev–Trinajstić information content (AvgIpc) is 2.33. The zero-order chi connectivity index (χ0) is 13.3. The van der Waals surface area contributed by atoms with Crippen LogP contribution in [0.15, 0.2) is 52.3 Å². The topological polar surface area (TPSA) is 54.4 Å². The molecule has 0 heterocycles. The molecule has 18 heavy (non-hydrogen) atoms. The molecule has 1 N–H and O–H groups in total. The molecule has 0 unspecified atom stereocenters. The van der Waals surface area contributed by atoms with E-state index in [1.807, 2.05) is 0 Å². The van der Waals surface area contributed by atoms with Crippen molar-refractivity contribution in [3.05, 3.63) is 51.1 Å². The van der Waals surface area contributed by atoms with Crippen molar-refractivity contribution >= 4 is 44.0 Å². The zero-order valence-corrected chi connectivity index (χ0v) is 12.7. The molecule has 0 saturated carbocycles. The Morgan fingerprint density at radius 1 is 1.06 bits per heavy atom. The van der Waals surface area contributed by atoms with E-state index in [2.05, 4.69) is 22.6 Å². The number of phenols is 1. The molecule has 2 aromatic rings. The Morgan fingerprint density at radius 2 is 1.67 bits per heavy atom. The first-order chi connectivity index (χ1) is 8.43. The van der Waals surface area contributed by atoms with Crippen LogP contribution in [0.2, 0.25) is 5.02 Å². The SMILES string of the molecule is O=S(=O)(c1ccc(I)cc1)c1cccc(Cl)c1O. The van der Waals surface area contributed by atoms with Crippen LogP contribution in [-0.2, 0) is 9.84 Å². The minimum atomic E-state index is -3.75.